The van der Waals surface area contributed by atoms with Gasteiger partial charge in [-0.3, -0.25) is 9.69 Å². The fourth-order valence-corrected chi connectivity index (χ4v) is 5.58. The zero-order chi connectivity index (χ0) is 15.6. The highest BCUT2D eigenvalue weighted by atomic mass is 32.2. The number of thioether (sulfide) groups is 1. The first kappa shape index (κ1) is 16.3. The molecule has 0 bridgehead atoms. The molecule has 0 radical (unpaired) electrons. The number of thiophene rings is 1. The topological polar surface area (TPSA) is 41.6 Å². The lowest BCUT2D eigenvalue weighted by Gasteiger charge is -2.43. The first-order valence-corrected chi connectivity index (χ1v) is 9.84. The van der Waals surface area contributed by atoms with Crippen LogP contribution in [0, 0.1) is 13.8 Å². The van der Waals surface area contributed by atoms with Crippen molar-refractivity contribution in [2.75, 3.05) is 44.4 Å². The van der Waals surface area contributed by atoms with Crippen molar-refractivity contribution in [3.05, 3.63) is 21.4 Å². The van der Waals surface area contributed by atoms with Crippen LogP contribution >= 0.6 is 23.1 Å². The van der Waals surface area contributed by atoms with Gasteiger partial charge in [-0.1, -0.05) is 0 Å². The molecule has 0 saturated carbocycles. The number of carbonyl (C=O) groups excluding carboxylic acids is 1. The van der Waals surface area contributed by atoms with Crippen molar-refractivity contribution in [1.82, 2.24) is 10.2 Å². The normalized spacial score (nSPS) is 26.3. The third-order valence-electron chi connectivity index (χ3n) is 4.73. The van der Waals surface area contributed by atoms with E-state index >= 15 is 0 Å². The molecule has 22 heavy (non-hydrogen) atoms. The molecule has 1 aromatic heterocycles. The molecule has 1 atom stereocenters. The van der Waals surface area contributed by atoms with E-state index in [1.165, 1.54) is 16.2 Å². The molecule has 0 aromatic carbocycles. The maximum atomic E-state index is 12.4. The molecule has 0 aliphatic carbocycles. The summed E-state index contributed by atoms with van der Waals surface area (Å²) in [5.74, 6) is 2.37. The van der Waals surface area contributed by atoms with Gasteiger partial charge in [0.1, 0.15) is 0 Å². The Morgan fingerprint density at radius 3 is 2.77 bits per heavy atom. The Labute approximate surface area is 140 Å². The van der Waals surface area contributed by atoms with Gasteiger partial charge in [-0.25, -0.2) is 0 Å². The molecule has 1 aromatic rings. The summed E-state index contributed by atoms with van der Waals surface area (Å²) < 4.78 is 5.48. The standard InChI is InChI=1S/C16H24N2O2S2/c1-12-9-14(22-13(12)2)15(19)17-10-16(3-8-21-11-16)18-4-6-20-7-5-18/h9H,3-8,10-11H2,1-2H3,(H,17,19). The number of rotatable bonds is 4. The predicted molar refractivity (Wildman–Crippen MR) is 93.2 cm³/mol. The Kier molecular flexibility index (Phi) is 5.12. The summed E-state index contributed by atoms with van der Waals surface area (Å²) in [6.45, 7) is 8.45. The summed E-state index contributed by atoms with van der Waals surface area (Å²) in [6.07, 6.45) is 1.15. The molecule has 122 valence electrons. The van der Waals surface area contributed by atoms with E-state index in [0.717, 1.165) is 49.9 Å². The van der Waals surface area contributed by atoms with Gasteiger partial charge in [0.2, 0.25) is 0 Å². The molecule has 1 amide bonds. The largest absolute Gasteiger partial charge is 0.379 e. The molecule has 2 aliphatic rings. The van der Waals surface area contributed by atoms with Crippen LogP contribution in [0.1, 0.15) is 26.5 Å². The van der Waals surface area contributed by atoms with Gasteiger partial charge in [0.25, 0.3) is 5.91 Å². The third kappa shape index (κ3) is 3.35. The van der Waals surface area contributed by atoms with E-state index in [0.29, 0.717) is 0 Å². The highest BCUT2D eigenvalue weighted by molar-refractivity contribution is 7.99. The van der Waals surface area contributed by atoms with Gasteiger partial charge in [0.05, 0.1) is 18.1 Å². The maximum absolute atomic E-state index is 12.4. The number of ether oxygens (including phenoxy) is 1. The molecule has 1 N–H and O–H groups in total. The number of aryl methyl sites for hydroxylation is 2. The van der Waals surface area contributed by atoms with Crippen LogP contribution in [0.5, 0.6) is 0 Å². The first-order valence-electron chi connectivity index (χ1n) is 7.86. The molecule has 2 saturated heterocycles. The number of nitrogens with one attached hydrogen (secondary N) is 1. The molecule has 2 aliphatic heterocycles. The van der Waals surface area contributed by atoms with Crippen LogP contribution < -0.4 is 5.32 Å². The number of amides is 1. The number of nitrogens with zero attached hydrogens (tertiary/aromatic N) is 1. The van der Waals surface area contributed by atoms with Crippen LogP contribution in [0.2, 0.25) is 0 Å². The van der Waals surface area contributed by atoms with Crippen molar-refractivity contribution in [2.24, 2.45) is 0 Å². The average Bonchev–Trinajstić information content (AvgIpc) is 3.14. The second-order valence-corrected chi connectivity index (χ2v) is 8.52. The van der Waals surface area contributed by atoms with E-state index in [1.54, 1.807) is 11.3 Å². The second-order valence-electron chi connectivity index (χ2n) is 6.16. The lowest BCUT2D eigenvalue weighted by atomic mass is 9.95. The van der Waals surface area contributed by atoms with Crippen LogP contribution in [0.4, 0.5) is 0 Å². The first-order chi connectivity index (χ1) is 10.6. The molecule has 0 spiro atoms. The Morgan fingerprint density at radius 2 is 2.18 bits per heavy atom. The minimum absolute atomic E-state index is 0.0748. The predicted octanol–water partition coefficient (Wildman–Crippen LogP) is 2.30. The second kappa shape index (κ2) is 6.91. The zero-order valence-corrected chi connectivity index (χ0v) is 14.9. The Balaban J connectivity index is 1.65. The van der Waals surface area contributed by atoms with Gasteiger partial charge >= 0.3 is 0 Å². The molecule has 6 heteroatoms. The average molecular weight is 341 g/mol. The fraction of sp³-hybridized carbons (Fsp3) is 0.688. The van der Waals surface area contributed by atoms with Crippen molar-refractivity contribution in [3.8, 4) is 0 Å². The van der Waals surface area contributed by atoms with E-state index in [9.17, 15) is 4.79 Å². The van der Waals surface area contributed by atoms with Crippen molar-refractivity contribution < 1.29 is 9.53 Å². The monoisotopic (exact) mass is 340 g/mol. The van der Waals surface area contributed by atoms with Gasteiger partial charge in [-0.15, -0.1) is 11.3 Å². The van der Waals surface area contributed by atoms with Gasteiger partial charge in [-0.2, -0.15) is 11.8 Å². The highest BCUT2D eigenvalue weighted by Gasteiger charge is 2.40. The lowest BCUT2D eigenvalue weighted by molar-refractivity contribution is -0.0129. The van der Waals surface area contributed by atoms with E-state index in [-0.39, 0.29) is 11.4 Å². The minimum Gasteiger partial charge on any atom is -0.379 e. The van der Waals surface area contributed by atoms with Gasteiger partial charge in [-0.05, 0) is 37.7 Å². The van der Waals surface area contributed by atoms with Crippen molar-refractivity contribution in [2.45, 2.75) is 25.8 Å². The molecular weight excluding hydrogens is 316 g/mol. The van der Waals surface area contributed by atoms with E-state index in [4.69, 9.17) is 4.74 Å². The van der Waals surface area contributed by atoms with Gasteiger partial charge in [0.15, 0.2) is 0 Å². The highest BCUT2D eigenvalue weighted by Crippen LogP contribution is 2.33. The molecule has 1 unspecified atom stereocenters. The van der Waals surface area contributed by atoms with Gasteiger partial charge < -0.3 is 10.1 Å². The summed E-state index contributed by atoms with van der Waals surface area (Å²) >= 11 is 3.59. The van der Waals surface area contributed by atoms with Crippen molar-refractivity contribution >= 4 is 29.0 Å². The molecule has 4 nitrogen and oxygen atoms in total. The number of hydrogen-bond acceptors (Lipinski definition) is 5. The smallest absolute Gasteiger partial charge is 0.261 e. The Morgan fingerprint density at radius 1 is 1.41 bits per heavy atom. The van der Waals surface area contributed by atoms with Crippen LogP contribution in [0.15, 0.2) is 6.07 Å². The summed E-state index contributed by atoms with van der Waals surface area (Å²) in [4.78, 5) is 17.0. The summed E-state index contributed by atoms with van der Waals surface area (Å²) in [6, 6.07) is 2.00. The fourth-order valence-electron chi connectivity index (χ4n) is 3.15. The minimum atomic E-state index is 0.0748. The van der Waals surface area contributed by atoms with Crippen LogP contribution in [-0.4, -0.2) is 60.7 Å². The summed E-state index contributed by atoms with van der Waals surface area (Å²) in [7, 11) is 0. The lowest BCUT2D eigenvalue weighted by Crippen LogP contribution is -2.59. The molecule has 2 fully saturated rings. The van der Waals surface area contributed by atoms with E-state index < -0.39 is 0 Å². The van der Waals surface area contributed by atoms with Crippen LogP contribution in [0.3, 0.4) is 0 Å². The Bertz CT molecular complexity index is 513. The van der Waals surface area contributed by atoms with Gasteiger partial charge in [0, 0.05) is 35.8 Å². The molecule has 3 heterocycles. The van der Waals surface area contributed by atoms with Crippen molar-refractivity contribution in [1.29, 1.82) is 0 Å². The SMILES string of the molecule is Cc1cc(C(=O)NCC2(N3CCOCC3)CCSC2)sc1C. The van der Waals surface area contributed by atoms with E-state index in [2.05, 4.69) is 24.1 Å². The quantitative estimate of drug-likeness (QED) is 0.913. The molecular formula is C16H24N2O2S2. The van der Waals surface area contributed by atoms with E-state index in [1.807, 2.05) is 17.8 Å². The zero-order valence-electron chi connectivity index (χ0n) is 13.3. The number of hydrogen-bond donors (Lipinski definition) is 1. The maximum Gasteiger partial charge on any atom is 0.261 e. The summed E-state index contributed by atoms with van der Waals surface area (Å²) in [5, 5.41) is 3.20. The van der Waals surface area contributed by atoms with Crippen molar-refractivity contribution in [3.63, 3.8) is 0 Å². The summed E-state index contributed by atoms with van der Waals surface area (Å²) in [5.41, 5.74) is 1.32. The number of morpholine rings is 1. The van der Waals surface area contributed by atoms with Crippen LogP contribution in [0.25, 0.3) is 0 Å². The Hall–Kier alpha value is -0.560. The molecule has 3 rings (SSSR count). The van der Waals surface area contributed by atoms with Crippen LogP contribution in [-0.2, 0) is 4.74 Å². The number of carbonyl (C=O) groups is 1. The third-order valence-corrected chi connectivity index (χ3v) is 7.12.